The lowest BCUT2D eigenvalue weighted by Gasteiger charge is -2.14. The fourth-order valence-corrected chi connectivity index (χ4v) is 1.89. The quantitative estimate of drug-likeness (QED) is 0.604. The number of nitriles is 2. The molecule has 0 aromatic heterocycles. The van der Waals surface area contributed by atoms with Gasteiger partial charge in [0.2, 0.25) is 0 Å². The van der Waals surface area contributed by atoms with Gasteiger partial charge in [-0.25, -0.2) is 0 Å². The molecule has 0 aliphatic heterocycles. The molecule has 0 amide bonds. The van der Waals surface area contributed by atoms with Crippen LogP contribution in [0.15, 0.2) is 0 Å². The Balaban J connectivity index is 3.74. The molecule has 0 bridgehead atoms. The Morgan fingerprint density at radius 1 is 1.18 bits per heavy atom. The SMILES string of the molecule is C[Si](C)(C)CCC(C#N)C#N. The van der Waals surface area contributed by atoms with Crippen molar-refractivity contribution in [3.63, 3.8) is 0 Å². The van der Waals surface area contributed by atoms with Crippen LogP contribution in [-0.4, -0.2) is 8.07 Å². The van der Waals surface area contributed by atoms with Crippen LogP contribution in [0.2, 0.25) is 25.7 Å². The first-order chi connectivity index (χ1) is 4.99. The van der Waals surface area contributed by atoms with Crippen molar-refractivity contribution in [3.8, 4) is 12.1 Å². The zero-order chi connectivity index (χ0) is 8.91. The van der Waals surface area contributed by atoms with Gasteiger partial charge in [0.1, 0.15) is 5.92 Å². The lowest BCUT2D eigenvalue weighted by atomic mass is 10.1. The molecule has 0 heterocycles. The van der Waals surface area contributed by atoms with Crippen molar-refractivity contribution in [2.75, 3.05) is 0 Å². The van der Waals surface area contributed by atoms with E-state index in [1.165, 1.54) is 0 Å². The average molecular weight is 166 g/mol. The summed E-state index contributed by atoms with van der Waals surface area (Å²) in [6.07, 6.45) is 0.753. The van der Waals surface area contributed by atoms with Gasteiger partial charge in [0, 0.05) is 8.07 Å². The van der Waals surface area contributed by atoms with E-state index in [1.807, 2.05) is 12.1 Å². The third-order valence-electron chi connectivity index (χ3n) is 1.49. The maximum Gasteiger partial charge on any atom is 0.133 e. The zero-order valence-corrected chi connectivity index (χ0v) is 8.39. The molecule has 0 unspecified atom stereocenters. The highest BCUT2D eigenvalue weighted by atomic mass is 28.3. The second-order valence-electron chi connectivity index (χ2n) is 3.91. The summed E-state index contributed by atoms with van der Waals surface area (Å²) >= 11 is 0. The molecule has 0 radical (unpaired) electrons. The van der Waals surface area contributed by atoms with Crippen LogP contribution in [0.3, 0.4) is 0 Å². The normalized spacial score (nSPS) is 10.7. The molecule has 0 rings (SSSR count). The van der Waals surface area contributed by atoms with Crippen LogP contribution in [0.1, 0.15) is 6.42 Å². The van der Waals surface area contributed by atoms with Crippen LogP contribution in [0.4, 0.5) is 0 Å². The molecule has 60 valence electrons. The van der Waals surface area contributed by atoms with Gasteiger partial charge in [-0.2, -0.15) is 10.5 Å². The summed E-state index contributed by atoms with van der Waals surface area (Å²) in [4.78, 5) is 0. The summed E-state index contributed by atoms with van der Waals surface area (Å²) in [6, 6.07) is 5.04. The van der Waals surface area contributed by atoms with E-state index in [2.05, 4.69) is 19.6 Å². The van der Waals surface area contributed by atoms with E-state index >= 15 is 0 Å². The van der Waals surface area contributed by atoms with E-state index in [9.17, 15) is 0 Å². The van der Waals surface area contributed by atoms with Crippen molar-refractivity contribution >= 4 is 8.07 Å². The molecule has 0 saturated heterocycles. The van der Waals surface area contributed by atoms with Crippen molar-refractivity contribution in [1.29, 1.82) is 10.5 Å². The highest BCUT2D eigenvalue weighted by Gasteiger charge is 2.15. The third-order valence-corrected chi connectivity index (χ3v) is 3.28. The van der Waals surface area contributed by atoms with E-state index in [4.69, 9.17) is 10.5 Å². The number of hydrogen-bond acceptors (Lipinski definition) is 2. The van der Waals surface area contributed by atoms with Gasteiger partial charge >= 0.3 is 0 Å². The smallest absolute Gasteiger partial charge is 0.133 e. The molecule has 0 aromatic rings. The van der Waals surface area contributed by atoms with Crippen LogP contribution in [0.5, 0.6) is 0 Å². The van der Waals surface area contributed by atoms with Gasteiger partial charge in [-0.1, -0.05) is 25.7 Å². The lowest BCUT2D eigenvalue weighted by molar-refractivity contribution is 0.790. The topological polar surface area (TPSA) is 47.6 Å². The van der Waals surface area contributed by atoms with E-state index in [0.29, 0.717) is 0 Å². The summed E-state index contributed by atoms with van der Waals surface area (Å²) < 4.78 is 0. The van der Waals surface area contributed by atoms with Crippen molar-refractivity contribution in [1.82, 2.24) is 0 Å². The molecule has 0 fully saturated rings. The molecule has 0 aromatic carbocycles. The van der Waals surface area contributed by atoms with Crippen LogP contribution < -0.4 is 0 Å². The van der Waals surface area contributed by atoms with Crippen LogP contribution in [-0.2, 0) is 0 Å². The molecule has 3 heteroatoms. The highest BCUT2D eigenvalue weighted by Crippen LogP contribution is 2.15. The summed E-state index contributed by atoms with van der Waals surface area (Å²) in [5.74, 6) is -0.387. The number of hydrogen-bond donors (Lipinski definition) is 0. The third kappa shape index (κ3) is 5.63. The Morgan fingerprint density at radius 2 is 1.64 bits per heavy atom. The minimum absolute atomic E-state index is 0.387. The molecule has 11 heavy (non-hydrogen) atoms. The average Bonchev–Trinajstić information content (AvgIpc) is 1.88. The van der Waals surface area contributed by atoms with Gasteiger partial charge in [0.15, 0.2) is 0 Å². The first kappa shape index (κ1) is 10.2. The maximum atomic E-state index is 8.47. The Hall–Kier alpha value is -0.803. The fraction of sp³-hybridized carbons (Fsp3) is 0.750. The van der Waals surface area contributed by atoms with Crippen LogP contribution >= 0.6 is 0 Å². The highest BCUT2D eigenvalue weighted by molar-refractivity contribution is 6.76. The van der Waals surface area contributed by atoms with E-state index in [1.54, 1.807) is 0 Å². The Bertz CT molecular complexity index is 178. The standard InChI is InChI=1S/C8H14N2Si/c1-11(2,3)5-4-8(6-9)7-10/h8H,4-5H2,1-3H3. The molecular weight excluding hydrogens is 152 g/mol. The summed E-state index contributed by atoms with van der Waals surface area (Å²) in [6.45, 7) is 6.75. The zero-order valence-electron chi connectivity index (χ0n) is 7.39. The van der Waals surface area contributed by atoms with Gasteiger partial charge in [0.25, 0.3) is 0 Å². The molecule has 0 saturated carbocycles. The fourth-order valence-electron chi connectivity index (χ4n) is 0.735. The minimum atomic E-state index is -1.05. The second kappa shape index (κ2) is 4.15. The first-order valence-corrected chi connectivity index (χ1v) is 7.49. The molecule has 0 spiro atoms. The van der Waals surface area contributed by atoms with Crippen molar-refractivity contribution < 1.29 is 0 Å². The molecule has 0 aliphatic rings. The Morgan fingerprint density at radius 3 is 1.91 bits per heavy atom. The van der Waals surface area contributed by atoms with Crippen molar-refractivity contribution in [3.05, 3.63) is 0 Å². The summed E-state index contributed by atoms with van der Waals surface area (Å²) in [7, 11) is -1.05. The van der Waals surface area contributed by atoms with Crippen LogP contribution in [0.25, 0.3) is 0 Å². The molecular formula is C8H14N2Si. The molecule has 0 N–H and O–H groups in total. The Kier molecular flexibility index (Phi) is 3.85. The summed E-state index contributed by atoms with van der Waals surface area (Å²) in [5.41, 5.74) is 0. The molecule has 0 aliphatic carbocycles. The van der Waals surface area contributed by atoms with Gasteiger partial charge < -0.3 is 0 Å². The first-order valence-electron chi connectivity index (χ1n) is 3.79. The van der Waals surface area contributed by atoms with Crippen molar-refractivity contribution in [2.45, 2.75) is 32.1 Å². The predicted molar refractivity (Wildman–Crippen MR) is 47.5 cm³/mol. The molecule has 2 nitrogen and oxygen atoms in total. The Labute approximate surface area is 69.5 Å². The predicted octanol–water partition coefficient (Wildman–Crippen LogP) is 2.38. The number of nitrogens with zero attached hydrogens (tertiary/aromatic N) is 2. The van der Waals surface area contributed by atoms with E-state index < -0.39 is 8.07 Å². The minimum Gasteiger partial charge on any atom is -0.197 e. The summed E-state index contributed by atoms with van der Waals surface area (Å²) in [5, 5.41) is 16.9. The van der Waals surface area contributed by atoms with E-state index in [0.717, 1.165) is 12.5 Å². The van der Waals surface area contributed by atoms with Gasteiger partial charge in [-0.3, -0.25) is 0 Å². The van der Waals surface area contributed by atoms with Gasteiger partial charge in [0.05, 0.1) is 12.1 Å². The largest absolute Gasteiger partial charge is 0.197 e. The lowest BCUT2D eigenvalue weighted by Crippen LogP contribution is -2.19. The van der Waals surface area contributed by atoms with Gasteiger partial charge in [-0.05, 0) is 6.42 Å². The monoisotopic (exact) mass is 166 g/mol. The van der Waals surface area contributed by atoms with Gasteiger partial charge in [-0.15, -0.1) is 0 Å². The molecule has 0 atom stereocenters. The maximum absolute atomic E-state index is 8.47. The number of rotatable bonds is 3. The second-order valence-corrected chi connectivity index (χ2v) is 9.53. The van der Waals surface area contributed by atoms with Crippen molar-refractivity contribution in [2.24, 2.45) is 5.92 Å². The van der Waals surface area contributed by atoms with Crippen LogP contribution in [0, 0.1) is 28.6 Å². The van der Waals surface area contributed by atoms with E-state index in [-0.39, 0.29) is 5.92 Å².